The van der Waals surface area contributed by atoms with Crippen molar-refractivity contribution in [3.8, 4) is 0 Å². The van der Waals surface area contributed by atoms with Crippen molar-refractivity contribution in [3.63, 3.8) is 0 Å². The van der Waals surface area contributed by atoms with E-state index in [-0.39, 0.29) is 0 Å². The first kappa shape index (κ1) is 37.7. The van der Waals surface area contributed by atoms with Crippen molar-refractivity contribution in [2.75, 3.05) is 0 Å². The maximum atomic E-state index is 2.39. The molecular formula is C40H64. The lowest BCUT2D eigenvalue weighted by atomic mass is 9.97. The normalized spacial score (nSPS) is 15.3. The predicted molar refractivity (Wildman–Crippen MR) is 186 cm³/mol. The highest BCUT2D eigenvalue weighted by Crippen LogP contribution is 2.18. The minimum atomic E-state index is 0.816. The highest BCUT2D eigenvalue weighted by Gasteiger charge is 2.02. The van der Waals surface area contributed by atoms with E-state index < -0.39 is 0 Å². The Labute approximate surface area is 251 Å². The van der Waals surface area contributed by atoms with Gasteiger partial charge in [0.2, 0.25) is 0 Å². The molecule has 0 fully saturated rings. The van der Waals surface area contributed by atoms with Crippen molar-refractivity contribution in [1.82, 2.24) is 0 Å². The molecule has 0 radical (unpaired) electrons. The molecule has 0 aliphatic carbocycles. The summed E-state index contributed by atoms with van der Waals surface area (Å²) in [6, 6.07) is 0. The van der Waals surface area contributed by atoms with Gasteiger partial charge in [0.25, 0.3) is 0 Å². The van der Waals surface area contributed by atoms with Gasteiger partial charge in [-0.25, -0.2) is 0 Å². The Bertz CT molecular complexity index is 862. The SMILES string of the molecule is CC(C)=CCC[C@@H](C)CCC/C(C)=C/C=C/C(C)=C/C=C\C=C(C)/C=C/C=C(/C)CCC[C@@H](C)CCC=C(C)C. The van der Waals surface area contributed by atoms with E-state index in [0.29, 0.717) is 0 Å². The van der Waals surface area contributed by atoms with Gasteiger partial charge in [-0.3, -0.25) is 0 Å². The second kappa shape index (κ2) is 24.5. The molecule has 0 amide bonds. The Morgan fingerprint density at radius 3 is 1.20 bits per heavy atom. The van der Waals surface area contributed by atoms with E-state index in [1.807, 2.05) is 0 Å². The topological polar surface area (TPSA) is 0 Å². The van der Waals surface area contributed by atoms with Crippen LogP contribution in [0, 0.1) is 11.8 Å². The van der Waals surface area contributed by atoms with E-state index in [4.69, 9.17) is 0 Å². The summed E-state index contributed by atoms with van der Waals surface area (Å²) in [4.78, 5) is 0. The molecule has 0 aliphatic heterocycles. The zero-order valence-electron chi connectivity index (χ0n) is 28.2. The molecule has 0 aliphatic rings. The summed E-state index contributed by atoms with van der Waals surface area (Å²) in [6.45, 7) is 22.4. The molecular weight excluding hydrogens is 480 g/mol. The molecule has 0 saturated carbocycles. The summed E-state index contributed by atoms with van der Waals surface area (Å²) in [5, 5.41) is 0. The van der Waals surface area contributed by atoms with Crippen LogP contribution in [0.4, 0.5) is 0 Å². The van der Waals surface area contributed by atoms with Crippen LogP contribution in [0.2, 0.25) is 0 Å². The molecule has 0 aromatic heterocycles. The van der Waals surface area contributed by atoms with Crippen molar-refractivity contribution in [2.45, 2.75) is 133 Å². The van der Waals surface area contributed by atoms with Crippen molar-refractivity contribution in [2.24, 2.45) is 11.8 Å². The fourth-order valence-corrected chi connectivity index (χ4v) is 4.48. The van der Waals surface area contributed by atoms with Crippen molar-refractivity contribution < 1.29 is 0 Å². The lowest BCUT2D eigenvalue weighted by Crippen LogP contribution is -1.94. The summed E-state index contributed by atoms with van der Waals surface area (Å²) in [5.41, 5.74) is 8.34. The van der Waals surface area contributed by atoms with Crippen LogP contribution in [-0.4, -0.2) is 0 Å². The lowest BCUT2D eigenvalue weighted by molar-refractivity contribution is 0.478. The van der Waals surface area contributed by atoms with Crippen LogP contribution in [-0.2, 0) is 0 Å². The fourth-order valence-electron chi connectivity index (χ4n) is 4.48. The van der Waals surface area contributed by atoms with Crippen molar-refractivity contribution in [3.05, 3.63) is 106 Å². The number of allylic oxidation sites excluding steroid dienone is 18. The van der Waals surface area contributed by atoms with Gasteiger partial charge in [0.1, 0.15) is 0 Å². The molecule has 0 N–H and O–H groups in total. The van der Waals surface area contributed by atoms with E-state index >= 15 is 0 Å². The average Bonchev–Trinajstić information content (AvgIpc) is 2.86. The predicted octanol–water partition coefficient (Wildman–Crippen LogP) is 13.5. The number of rotatable bonds is 20. The Balaban J connectivity index is 4.37. The minimum Gasteiger partial charge on any atom is -0.0859 e. The quantitative estimate of drug-likeness (QED) is 0.106. The molecule has 0 saturated heterocycles. The van der Waals surface area contributed by atoms with Gasteiger partial charge in [-0.05, 0) is 119 Å². The molecule has 0 bridgehead atoms. The zero-order valence-corrected chi connectivity index (χ0v) is 28.2. The lowest BCUT2D eigenvalue weighted by Gasteiger charge is -2.09. The zero-order chi connectivity index (χ0) is 30.2. The molecule has 0 unspecified atom stereocenters. The van der Waals surface area contributed by atoms with Gasteiger partial charge in [0.15, 0.2) is 0 Å². The largest absolute Gasteiger partial charge is 0.0859 e. The molecule has 224 valence electrons. The standard InChI is InChI=1S/C40H64/c1-33(2)19-13-23-37(7)27-17-31-39(9)29-15-25-35(5)21-11-12-22-36(6)26-16-30-40(10)32-18-28-38(8)24-14-20-34(3)4/h11-12,15-16,19-22,25-26,29-30,37-38H,13-14,17-18,23-24,27-28,31-32H2,1-10H3/b12-11-,25-15+,26-16+,35-21-,36-22+,39-29-,40-30+/t37-,38+/m0/s1. The third-order valence-corrected chi connectivity index (χ3v) is 7.27. The Kier molecular flexibility index (Phi) is 23.0. The Morgan fingerprint density at radius 2 is 0.850 bits per heavy atom. The van der Waals surface area contributed by atoms with Gasteiger partial charge >= 0.3 is 0 Å². The second-order valence-corrected chi connectivity index (χ2v) is 12.7. The number of hydrogen-bond acceptors (Lipinski definition) is 0. The van der Waals surface area contributed by atoms with Gasteiger partial charge in [-0.1, -0.05) is 133 Å². The van der Waals surface area contributed by atoms with Crippen LogP contribution in [0.3, 0.4) is 0 Å². The summed E-state index contributed by atoms with van der Waals surface area (Å²) < 4.78 is 0. The highest BCUT2D eigenvalue weighted by molar-refractivity contribution is 5.29. The first-order chi connectivity index (χ1) is 19.0. The molecule has 0 aromatic carbocycles. The van der Waals surface area contributed by atoms with Crippen LogP contribution in [0.5, 0.6) is 0 Å². The molecule has 0 spiro atoms. The summed E-state index contributed by atoms with van der Waals surface area (Å²) in [7, 11) is 0. The van der Waals surface area contributed by atoms with E-state index in [2.05, 4.69) is 142 Å². The van der Waals surface area contributed by atoms with Gasteiger partial charge in [0, 0.05) is 0 Å². The van der Waals surface area contributed by atoms with Gasteiger partial charge in [0.05, 0.1) is 0 Å². The Hall–Kier alpha value is -2.34. The molecule has 0 aromatic rings. The molecule has 2 atom stereocenters. The third-order valence-electron chi connectivity index (χ3n) is 7.27. The third kappa shape index (κ3) is 25.9. The van der Waals surface area contributed by atoms with E-state index in [9.17, 15) is 0 Å². The van der Waals surface area contributed by atoms with Gasteiger partial charge < -0.3 is 0 Å². The molecule has 0 heterocycles. The smallest absolute Gasteiger partial charge is 0.0320 e. The summed E-state index contributed by atoms with van der Waals surface area (Å²) in [6.07, 6.45) is 39.3. The summed E-state index contributed by atoms with van der Waals surface area (Å²) >= 11 is 0. The monoisotopic (exact) mass is 545 g/mol. The van der Waals surface area contributed by atoms with E-state index in [1.54, 1.807) is 0 Å². The van der Waals surface area contributed by atoms with E-state index in [0.717, 1.165) is 11.8 Å². The van der Waals surface area contributed by atoms with Crippen LogP contribution < -0.4 is 0 Å². The first-order valence-electron chi connectivity index (χ1n) is 16.0. The maximum Gasteiger partial charge on any atom is -0.0320 e. The van der Waals surface area contributed by atoms with Gasteiger partial charge in [-0.2, -0.15) is 0 Å². The van der Waals surface area contributed by atoms with Crippen LogP contribution in [0.25, 0.3) is 0 Å². The highest BCUT2D eigenvalue weighted by atomic mass is 14.1. The molecule has 0 heteroatoms. The molecule has 0 rings (SSSR count). The average molecular weight is 545 g/mol. The van der Waals surface area contributed by atoms with Crippen LogP contribution >= 0.6 is 0 Å². The molecule has 0 nitrogen and oxygen atoms in total. The molecule has 40 heavy (non-hydrogen) atoms. The van der Waals surface area contributed by atoms with Crippen molar-refractivity contribution >= 4 is 0 Å². The Morgan fingerprint density at radius 1 is 0.475 bits per heavy atom. The van der Waals surface area contributed by atoms with Gasteiger partial charge in [-0.15, -0.1) is 0 Å². The van der Waals surface area contributed by atoms with Crippen molar-refractivity contribution in [1.29, 1.82) is 0 Å². The van der Waals surface area contributed by atoms with E-state index in [1.165, 1.54) is 97.6 Å². The van der Waals surface area contributed by atoms with Crippen LogP contribution in [0.1, 0.15) is 133 Å². The van der Waals surface area contributed by atoms with Crippen LogP contribution in [0.15, 0.2) is 106 Å². The number of hydrogen-bond donors (Lipinski definition) is 0. The minimum absolute atomic E-state index is 0.816. The first-order valence-corrected chi connectivity index (χ1v) is 16.0. The summed E-state index contributed by atoms with van der Waals surface area (Å²) in [5.74, 6) is 1.63. The fraction of sp³-hybridized carbons (Fsp3) is 0.550. The second-order valence-electron chi connectivity index (χ2n) is 12.7. The maximum absolute atomic E-state index is 2.39.